The lowest BCUT2D eigenvalue weighted by Gasteiger charge is -2.29. The highest BCUT2D eigenvalue weighted by atomic mass is 16.2. The lowest BCUT2D eigenvalue weighted by molar-refractivity contribution is -0.127. The largest absolute Gasteiger partial charge is 0.327 e. The molecule has 1 aliphatic heterocycles. The minimum absolute atomic E-state index is 0.0144. The van der Waals surface area contributed by atoms with Crippen LogP contribution in [-0.2, 0) is 4.79 Å². The molecule has 4 nitrogen and oxygen atoms in total. The van der Waals surface area contributed by atoms with Crippen LogP contribution in [0, 0.1) is 0 Å². The Morgan fingerprint density at radius 3 is 2.19 bits per heavy atom. The number of hydrogen-bond donors (Lipinski definition) is 0. The summed E-state index contributed by atoms with van der Waals surface area (Å²) in [6, 6.07) is 0.543. The van der Waals surface area contributed by atoms with Gasteiger partial charge in [0.1, 0.15) is 6.54 Å². The van der Waals surface area contributed by atoms with Gasteiger partial charge in [0, 0.05) is 12.1 Å². The summed E-state index contributed by atoms with van der Waals surface area (Å²) in [5.41, 5.74) is 0. The van der Waals surface area contributed by atoms with E-state index in [4.69, 9.17) is 0 Å². The number of hydrogen-bond acceptors (Lipinski definition) is 2. The molecule has 1 saturated heterocycles. The number of nitrogens with zero attached hydrogens (tertiary/aromatic N) is 2. The summed E-state index contributed by atoms with van der Waals surface area (Å²) in [5.74, 6) is 0.0313. The standard InChI is InChI=1S/C12H18N2O2/c15-11-8-13(9-6-7-9)12(16)14(11)10-4-2-1-3-5-10/h9-10H,1-8H2. The van der Waals surface area contributed by atoms with Gasteiger partial charge in [-0.1, -0.05) is 19.3 Å². The van der Waals surface area contributed by atoms with Gasteiger partial charge < -0.3 is 4.90 Å². The van der Waals surface area contributed by atoms with Crippen molar-refractivity contribution < 1.29 is 9.59 Å². The molecular weight excluding hydrogens is 204 g/mol. The fourth-order valence-electron chi connectivity index (χ4n) is 2.91. The molecule has 0 aromatic heterocycles. The number of amides is 3. The Bertz CT molecular complexity index is 319. The van der Waals surface area contributed by atoms with Crippen LogP contribution in [0.3, 0.4) is 0 Å². The van der Waals surface area contributed by atoms with Crippen LogP contribution >= 0.6 is 0 Å². The molecule has 2 aliphatic carbocycles. The van der Waals surface area contributed by atoms with E-state index in [1.54, 1.807) is 9.80 Å². The van der Waals surface area contributed by atoms with Crippen LogP contribution in [0.2, 0.25) is 0 Å². The molecule has 0 spiro atoms. The van der Waals surface area contributed by atoms with Crippen LogP contribution in [0.25, 0.3) is 0 Å². The van der Waals surface area contributed by atoms with E-state index in [2.05, 4.69) is 0 Å². The summed E-state index contributed by atoms with van der Waals surface area (Å²) in [5, 5.41) is 0. The first-order valence-corrected chi connectivity index (χ1v) is 6.40. The van der Waals surface area contributed by atoms with Crippen molar-refractivity contribution in [3.05, 3.63) is 0 Å². The van der Waals surface area contributed by atoms with Crippen LogP contribution < -0.4 is 0 Å². The first-order valence-electron chi connectivity index (χ1n) is 6.40. The van der Waals surface area contributed by atoms with Gasteiger partial charge in [-0.3, -0.25) is 9.69 Å². The molecule has 0 aromatic carbocycles. The summed E-state index contributed by atoms with van der Waals surface area (Å²) in [6.45, 7) is 0.333. The van der Waals surface area contributed by atoms with Crippen LogP contribution in [0.4, 0.5) is 4.79 Å². The van der Waals surface area contributed by atoms with Crippen molar-refractivity contribution in [1.82, 2.24) is 9.80 Å². The fourth-order valence-corrected chi connectivity index (χ4v) is 2.91. The summed E-state index contributed by atoms with van der Waals surface area (Å²) >= 11 is 0. The maximum absolute atomic E-state index is 12.1. The van der Waals surface area contributed by atoms with Gasteiger partial charge in [0.05, 0.1) is 0 Å². The van der Waals surface area contributed by atoms with E-state index in [1.165, 1.54) is 6.42 Å². The lowest BCUT2D eigenvalue weighted by Crippen LogP contribution is -2.42. The average molecular weight is 222 g/mol. The molecule has 3 aliphatic rings. The summed E-state index contributed by atoms with van der Waals surface area (Å²) < 4.78 is 0. The Balaban J connectivity index is 1.73. The summed E-state index contributed by atoms with van der Waals surface area (Å²) in [7, 11) is 0. The van der Waals surface area contributed by atoms with Crippen molar-refractivity contribution in [2.75, 3.05) is 6.54 Å². The highest BCUT2D eigenvalue weighted by Crippen LogP contribution is 2.33. The Morgan fingerprint density at radius 2 is 1.56 bits per heavy atom. The fraction of sp³-hybridized carbons (Fsp3) is 0.833. The second kappa shape index (κ2) is 3.75. The van der Waals surface area contributed by atoms with Crippen molar-refractivity contribution in [3.8, 4) is 0 Å². The predicted octanol–water partition coefficient (Wildman–Crippen LogP) is 1.75. The molecule has 0 bridgehead atoms. The van der Waals surface area contributed by atoms with Gasteiger partial charge in [-0.25, -0.2) is 4.79 Å². The maximum Gasteiger partial charge on any atom is 0.327 e. The van der Waals surface area contributed by atoms with Crippen molar-refractivity contribution in [2.24, 2.45) is 0 Å². The van der Waals surface area contributed by atoms with Crippen LogP contribution in [0.1, 0.15) is 44.9 Å². The zero-order chi connectivity index (χ0) is 11.1. The highest BCUT2D eigenvalue weighted by molar-refractivity contribution is 6.02. The molecule has 3 fully saturated rings. The van der Waals surface area contributed by atoms with Crippen LogP contribution in [-0.4, -0.2) is 40.4 Å². The first-order chi connectivity index (χ1) is 7.77. The van der Waals surface area contributed by atoms with Crippen LogP contribution in [0.15, 0.2) is 0 Å². The SMILES string of the molecule is O=C1CN(C2CC2)C(=O)N1C1CCCCC1. The zero-order valence-corrected chi connectivity index (χ0v) is 9.52. The number of carbonyl (C=O) groups is 2. The molecule has 4 heteroatoms. The molecule has 1 heterocycles. The zero-order valence-electron chi connectivity index (χ0n) is 9.52. The average Bonchev–Trinajstić information content (AvgIpc) is 3.07. The van der Waals surface area contributed by atoms with E-state index < -0.39 is 0 Å². The maximum atomic E-state index is 12.1. The van der Waals surface area contributed by atoms with Crippen LogP contribution in [0.5, 0.6) is 0 Å². The molecule has 0 unspecified atom stereocenters. The third kappa shape index (κ3) is 1.60. The molecule has 2 saturated carbocycles. The van der Waals surface area contributed by atoms with E-state index in [9.17, 15) is 9.59 Å². The summed E-state index contributed by atoms with van der Waals surface area (Å²) in [6.07, 6.45) is 7.75. The van der Waals surface area contributed by atoms with E-state index in [-0.39, 0.29) is 18.0 Å². The highest BCUT2D eigenvalue weighted by Gasteiger charge is 2.46. The Kier molecular flexibility index (Phi) is 2.37. The quantitative estimate of drug-likeness (QED) is 0.668. The third-order valence-corrected chi connectivity index (χ3v) is 3.95. The molecule has 0 atom stereocenters. The number of rotatable bonds is 2. The lowest BCUT2D eigenvalue weighted by atomic mass is 9.94. The van der Waals surface area contributed by atoms with Gasteiger partial charge in [0.25, 0.3) is 5.91 Å². The molecule has 0 N–H and O–H groups in total. The second-order valence-electron chi connectivity index (χ2n) is 5.20. The van der Waals surface area contributed by atoms with Gasteiger partial charge in [-0.05, 0) is 25.7 Å². The predicted molar refractivity (Wildman–Crippen MR) is 58.8 cm³/mol. The Morgan fingerprint density at radius 1 is 0.875 bits per heavy atom. The third-order valence-electron chi connectivity index (χ3n) is 3.95. The van der Waals surface area contributed by atoms with Gasteiger partial charge in [-0.15, -0.1) is 0 Å². The number of carbonyl (C=O) groups excluding carboxylic acids is 2. The molecule has 0 radical (unpaired) electrons. The monoisotopic (exact) mass is 222 g/mol. The van der Waals surface area contributed by atoms with E-state index in [0.29, 0.717) is 12.6 Å². The molecular formula is C12H18N2O2. The van der Waals surface area contributed by atoms with E-state index in [1.807, 2.05) is 0 Å². The Labute approximate surface area is 95.6 Å². The molecule has 88 valence electrons. The topological polar surface area (TPSA) is 40.6 Å². The first kappa shape index (κ1) is 10.1. The van der Waals surface area contributed by atoms with Gasteiger partial charge >= 0.3 is 6.03 Å². The minimum Gasteiger partial charge on any atom is -0.312 e. The normalized spacial score (nSPS) is 28.0. The molecule has 3 amide bonds. The van der Waals surface area contributed by atoms with E-state index >= 15 is 0 Å². The minimum atomic E-state index is -0.0144. The summed E-state index contributed by atoms with van der Waals surface area (Å²) in [4.78, 5) is 27.3. The molecule has 0 aromatic rings. The smallest absolute Gasteiger partial charge is 0.312 e. The molecule has 3 rings (SSSR count). The van der Waals surface area contributed by atoms with Gasteiger partial charge in [0.2, 0.25) is 0 Å². The van der Waals surface area contributed by atoms with E-state index in [0.717, 1.165) is 38.5 Å². The van der Waals surface area contributed by atoms with Crippen molar-refractivity contribution in [1.29, 1.82) is 0 Å². The second-order valence-corrected chi connectivity index (χ2v) is 5.20. The van der Waals surface area contributed by atoms with Crippen molar-refractivity contribution in [3.63, 3.8) is 0 Å². The Hall–Kier alpha value is -1.06. The number of urea groups is 1. The van der Waals surface area contributed by atoms with Crippen molar-refractivity contribution in [2.45, 2.75) is 57.0 Å². The molecule has 16 heavy (non-hydrogen) atoms. The van der Waals surface area contributed by atoms with Crippen molar-refractivity contribution >= 4 is 11.9 Å². The number of imide groups is 1. The van der Waals surface area contributed by atoms with Gasteiger partial charge in [0.15, 0.2) is 0 Å². The van der Waals surface area contributed by atoms with Gasteiger partial charge in [-0.2, -0.15) is 0 Å².